The van der Waals surface area contributed by atoms with Gasteiger partial charge in [0.1, 0.15) is 5.75 Å². The number of hydrogen-bond acceptors (Lipinski definition) is 6. The molecular formula is C33H48N3O6+. The van der Waals surface area contributed by atoms with Crippen LogP contribution in [0.1, 0.15) is 49.7 Å². The van der Waals surface area contributed by atoms with Gasteiger partial charge in [0.05, 0.1) is 47.3 Å². The molecule has 0 saturated carbocycles. The third-order valence-corrected chi connectivity index (χ3v) is 8.46. The number of fused-ring (bicyclic) bond motifs is 1. The van der Waals surface area contributed by atoms with Gasteiger partial charge in [-0.2, -0.15) is 0 Å². The summed E-state index contributed by atoms with van der Waals surface area (Å²) in [5.41, 5.74) is 1.82. The number of carboxylic acid groups (broad SMARTS) is 1. The lowest BCUT2D eigenvalue weighted by Gasteiger charge is -2.30. The topological polar surface area (TPSA) is 88.5 Å². The molecule has 9 nitrogen and oxygen atoms in total. The number of amides is 1. The summed E-state index contributed by atoms with van der Waals surface area (Å²) in [5, 5.41) is 10.6. The number of unbranched alkanes of at least 4 members (excludes halogenated alkanes) is 2. The van der Waals surface area contributed by atoms with E-state index in [2.05, 4.69) is 33.0 Å². The lowest BCUT2D eigenvalue weighted by atomic mass is 9.83. The van der Waals surface area contributed by atoms with Crippen molar-refractivity contribution in [1.82, 2.24) is 9.80 Å². The van der Waals surface area contributed by atoms with E-state index in [1.807, 2.05) is 47.4 Å². The molecule has 2 aliphatic heterocycles. The van der Waals surface area contributed by atoms with Crippen molar-refractivity contribution in [2.24, 2.45) is 5.92 Å². The Hall–Kier alpha value is -3.30. The average molecular weight is 583 g/mol. The van der Waals surface area contributed by atoms with Gasteiger partial charge in [-0.15, -0.1) is 0 Å². The first-order valence-corrected chi connectivity index (χ1v) is 15.2. The number of benzene rings is 2. The summed E-state index contributed by atoms with van der Waals surface area (Å²) in [6.45, 7) is 5.44. The molecule has 0 spiro atoms. The van der Waals surface area contributed by atoms with Crippen LogP contribution in [0.4, 0.5) is 0 Å². The molecule has 1 amide bonds. The van der Waals surface area contributed by atoms with Crippen molar-refractivity contribution >= 4 is 11.9 Å². The second-order valence-corrected chi connectivity index (χ2v) is 12.6. The van der Waals surface area contributed by atoms with E-state index in [0.717, 1.165) is 66.7 Å². The largest absolute Gasteiger partial charge is 0.496 e. The average Bonchev–Trinajstić information content (AvgIpc) is 3.56. The predicted octanol–water partition coefficient (Wildman–Crippen LogP) is 4.25. The number of rotatable bonds is 15. The molecule has 2 aliphatic rings. The molecule has 1 fully saturated rings. The number of likely N-dealkylation sites (tertiary alicyclic amines) is 1. The molecule has 9 heteroatoms. The first kappa shape index (κ1) is 31.6. The van der Waals surface area contributed by atoms with Gasteiger partial charge < -0.3 is 28.7 Å². The van der Waals surface area contributed by atoms with Crippen LogP contribution in [-0.4, -0.2) is 105 Å². The molecule has 2 aromatic carbocycles. The summed E-state index contributed by atoms with van der Waals surface area (Å²) in [6.07, 6.45) is 4.42. The number of carbonyl (C=O) groups is 2. The zero-order valence-electron chi connectivity index (χ0n) is 25.9. The number of hydrogen-bond donors (Lipinski definition) is 1. The van der Waals surface area contributed by atoms with E-state index in [9.17, 15) is 14.7 Å². The Balaban J connectivity index is 1.60. The molecule has 3 atom stereocenters. The van der Waals surface area contributed by atoms with Crippen LogP contribution in [0, 0.1) is 5.92 Å². The Kier molecular flexibility index (Phi) is 10.7. The maximum Gasteiger partial charge on any atom is 0.308 e. The molecule has 0 radical (unpaired) electrons. The fourth-order valence-electron chi connectivity index (χ4n) is 6.20. The summed E-state index contributed by atoms with van der Waals surface area (Å²) in [4.78, 5) is 30.9. The molecule has 4 rings (SSSR count). The van der Waals surface area contributed by atoms with Crippen molar-refractivity contribution in [2.75, 3.05) is 67.8 Å². The minimum atomic E-state index is -0.865. The summed E-state index contributed by atoms with van der Waals surface area (Å²) in [6, 6.07) is 13.0. The summed E-state index contributed by atoms with van der Waals surface area (Å²) < 4.78 is 17.6. The van der Waals surface area contributed by atoms with E-state index in [-0.39, 0.29) is 31.2 Å². The highest BCUT2D eigenvalue weighted by Crippen LogP contribution is 2.43. The highest BCUT2D eigenvalue weighted by atomic mass is 16.7. The fourth-order valence-corrected chi connectivity index (χ4v) is 6.20. The highest BCUT2D eigenvalue weighted by molar-refractivity contribution is 5.79. The maximum absolute atomic E-state index is 13.9. The zero-order valence-corrected chi connectivity index (χ0v) is 25.9. The van der Waals surface area contributed by atoms with E-state index in [0.29, 0.717) is 24.5 Å². The fraction of sp³-hybridized carbons (Fsp3) is 0.576. The summed E-state index contributed by atoms with van der Waals surface area (Å²) >= 11 is 0. The Morgan fingerprint density at radius 2 is 1.79 bits per heavy atom. The minimum Gasteiger partial charge on any atom is -0.496 e. The van der Waals surface area contributed by atoms with Crippen LogP contribution >= 0.6 is 0 Å². The highest BCUT2D eigenvalue weighted by Gasteiger charge is 2.47. The Labute approximate surface area is 250 Å². The van der Waals surface area contributed by atoms with E-state index in [1.54, 1.807) is 7.11 Å². The van der Waals surface area contributed by atoms with Crippen LogP contribution < -0.4 is 14.2 Å². The third kappa shape index (κ3) is 7.95. The second kappa shape index (κ2) is 14.2. The molecule has 0 aliphatic carbocycles. The lowest BCUT2D eigenvalue weighted by molar-refractivity contribution is -0.870. The number of ether oxygens (including phenoxy) is 3. The van der Waals surface area contributed by atoms with Gasteiger partial charge in [-0.1, -0.05) is 37.6 Å². The Morgan fingerprint density at radius 1 is 1.05 bits per heavy atom. The first-order chi connectivity index (χ1) is 20.1. The van der Waals surface area contributed by atoms with Crippen LogP contribution in [0.5, 0.6) is 17.2 Å². The molecule has 1 N–H and O–H groups in total. The van der Waals surface area contributed by atoms with Crippen LogP contribution in [0.2, 0.25) is 0 Å². The first-order valence-electron chi connectivity index (χ1n) is 15.2. The molecule has 230 valence electrons. The number of nitrogens with zero attached hydrogens (tertiary/aromatic N) is 3. The molecule has 3 unspecified atom stereocenters. The molecule has 0 aromatic heterocycles. The molecule has 0 bridgehead atoms. The SMILES string of the molecule is CCCCN(CCCC[N+](C)(C)C)C(=O)CN1CC(c2ccc3c(c2)OCO3)C(C(=O)O)C1Cc1ccccc1OC. The van der Waals surface area contributed by atoms with Gasteiger partial charge in [0, 0.05) is 31.6 Å². The van der Waals surface area contributed by atoms with Crippen LogP contribution in [0.3, 0.4) is 0 Å². The zero-order chi connectivity index (χ0) is 30.3. The van der Waals surface area contributed by atoms with E-state index in [4.69, 9.17) is 14.2 Å². The van der Waals surface area contributed by atoms with E-state index >= 15 is 0 Å². The number of carboxylic acids is 1. The smallest absolute Gasteiger partial charge is 0.308 e. The molecule has 2 aromatic rings. The third-order valence-electron chi connectivity index (χ3n) is 8.46. The minimum absolute atomic E-state index is 0.0641. The Bertz CT molecular complexity index is 1210. The molecule has 1 saturated heterocycles. The number of para-hydroxylation sites is 1. The van der Waals surface area contributed by atoms with Gasteiger partial charge in [0.25, 0.3) is 0 Å². The normalized spacial score (nSPS) is 20.1. The van der Waals surface area contributed by atoms with Gasteiger partial charge in [-0.05, 0) is 55.0 Å². The van der Waals surface area contributed by atoms with Crippen molar-refractivity contribution in [3.8, 4) is 17.2 Å². The summed E-state index contributed by atoms with van der Waals surface area (Å²) in [5.74, 6) is 0.200. The van der Waals surface area contributed by atoms with Gasteiger partial charge in [-0.3, -0.25) is 14.5 Å². The van der Waals surface area contributed by atoms with Crippen molar-refractivity contribution in [3.63, 3.8) is 0 Å². The van der Waals surface area contributed by atoms with Crippen molar-refractivity contribution in [1.29, 1.82) is 0 Å². The van der Waals surface area contributed by atoms with Gasteiger partial charge >= 0.3 is 5.97 Å². The standard InChI is InChI=1S/C33H47N3O6/c1-6-7-16-34(17-10-11-18-36(2,3)4)31(37)22-35-21-26(24-14-15-29-30(20-24)42-23-41-29)32(33(38)39)27(35)19-25-12-8-9-13-28(25)40-5/h8-9,12-15,20,26-27,32H,6-7,10-11,16-19,21-23H2,1-5H3/p+1. The summed E-state index contributed by atoms with van der Waals surface area (Å²) in [7, 11) is 8.18. The van der Waals surface area contributed by atoms with Gasteiger partial charge in [-0.25, -0.2) is 0 Å². The van der Waals surface area contributed by atoms with Gasteiger partial charge in [0.2, 0.25) is 12.7 Å². The number of carbonyl (C=O) groups excluding carboxylic acids is 1. The maximum atomic E-state index is 13.9. The van der Waals surface area contributed by atoms with Crippen LogP contribution in [-0.2, 0) is 16.0 Å². The van der Waals surface area contributed by atoms with Gasteiger partial charge in [0.15, 0.2) is 11.5 Å². The molecule has 42 heavy (non-hydrogen) atoms. The van der Waals surface area contributed by atoms with Crippen LogP contribution in [0.25, 0.3) is 0 Å². The Morgan fingerprint density at radius 3 is 2.50 bits per heavy atom. The van der Waals surface area contributed by atoms with E-state index < -0.39 is 11.9 Å². The lowest BCUT2D eigenvalue weighted by Crippen LogP contribution is -2.45. The van der Waals surface area contributed by atoms with Crippen molar-refractivity contribution < 1.29 is 33.4 Å². The number of methoxy groups -OCH3 is 1. The van der Waals surface area contributed by atoms with Crippen molar-refractivity contribution in [2.45, 2.75) is 51.0 Å². The van der Waals surface area contributed by atoms with Crippen molar-refractivity contribution in [3.05, 3.63) is 53.6 Å². The van der Waals surface area contributed by atoms with E-state index in [1.165, 1.54) is 0 Å². The monoisotopic (exact) mass is 582 g/mol. The number of aliphatic carboxylic acids is 1. The van der Waals surface area contributed by atoms with Crippen LogP contribution in [0.15, 0.2) is 42.5 Å². The molecular weight excluding hydrogens is 534 g/mol. The quantitative estimate of drug-likeness (QED) is 0.248. The second-order valence-electron chi connectivity index (χ2n) is 12.6. The molecule has 2 heterocycles. The predicted molar refractivity (Wildman–Crippen MR) is 162 cm³/mol. The number of quaternary nitrogens is 1.